The Bertz CT molecular complexity index is 1380. The van der Waals surface area contributed by atoms with E-state index in [0.29, 0.717) is 5.88 Å². The van der Waals surface area contributed by atoms with Gasteiger partial charge in [0.15, 0.2) is 5.82 Å². The summed E-state index contributed by atoms with van der Waals surface area (Å²) in [6, 6.07) is 12.4. The lowest BCUT2D eigenvalue weighted by Crippen LogP contribution is -2.63. The van der Waals surface area contributed by atoms with E-state index < -0.39 is 5.60 Å². The van der Waals surface area contributed by atoms with Crippen molar-refractivity contribution in [1.29, 1.82) is 0 Å². The number of carbonyl (C=O) groups is 1. The summed E-state index contributed by atoms with van der Waals surface area (Å²) in [7, 11) is 3.67. The molecule has 3 aromatic rings. The zero-order chi connectivity index (χ0) is 28.9. The fourth-order valence-corrected chi connectivity index (χ4v) is 6.49. The average molecular weight is 545 g/mol. The van der Waals surface area contributed by atoms with Crippen molar-refractivity contribution in [3.63, 3.8) is 0 Å². The molecule has 1 aromatic carbocycles. The minimum absolute atomic E-state index is 0.207. The van der Waals surface area contributed by atoms with Crippen molar-refractivity contribution in [1.82, 2.24) is 25.3 Å². The molecule has 2 saturated heterocycles. The quantitative estimate of drug-likeness (QED) is 0.382. The Labute approximate surface area is 236 Å². The van der Waals surface area contributed by atoms with Gasteiger partial charge in [0.1, 0.15) is 5.60 Å². The molecule has 2 fully saturated rings. The standard InChI is InChI=1S/C31H40N6O3/c1-20-15-21(22-16-27(39-8)35-32-19-22)9-10-24(20)25-11-12-26(34-33-25)36(7)23-17-30(5)13-14-31(6,18-23)37(30)28(38)40-29(2,3)4/h9-12,15-16,19,23H,13-14,17-18H2,1-8H3/t23?,30-,31+. The summed E-state index contributed by atoms with van der Waals surface area (Å²) in [6.45, 7) is 12.2. The van der Waals surface area contributed by atoms with Crippen molar-refractivity contribution in [2.75, 3.05) is 19.1 Å². The van der Waals surface area contributed by atoms with Gasteiger partial charge in [0, 0.05) is 41.4 Å². The maximum Gasteiger partial charge on any atom is 0.411 e. The van der Waals surface area contributed by atoms with Crippen LogP contribution >= 0.6 is 0 Å². The normalized spacial score (nSPS) is 24.1. The molecule has 1 unspecified atom stereocenters. The van der Waals surface area contributed by atoms with Crippen LogP contribution in [0.15, 0.2) is 42.6 Å². The number of carbonyl (C=O) groups excluding carboxylic acids is 1. The number of ether oxygens (including phenoxy) is 2. The van der Waals surface area contributed by atoms with Crippen LogP contribution in [0.4, 0.5) is 10.6 Å². The minimum atomic E-state index is -0.517. The van der Waals surface area contributed by atoms with E-state index in [1.807, 2.05) is 43.9 Å². The number of methoxy groups -OCH3 is 1. The fraction of sp³-hybridized carbons (Fsp3) is 0.516. The van der Waals surface area contributed by atoms with E-state index in [1.54, 1.807) is 13.3 Å². The molecule has 2 bridgehead atoms. The molecule has 9 heteroatoms. The third kappa shape index (κ3) is 5.21. The number of amides is 1. The highest BCUT2D eigenvalue weighted by Gasteiger charge is 2.59. The maximum absolute atomic E-state index is 13.2. The summed E-state index contributed by atoms with van der Waals surface area (Å²) in [5.41, 5.74) is 3.90. The predicted molar refractivity (Wildman–Crippen MR) is 155 cm³/mol. The Balaban J connectivity index is 1.32. The molecule has 2 aliphatic heterocycles. The van der Waals surface area contributed by atoms with Gasteiger partial charge in [-0.3, -0.25) is 4.90 Å². The Morgan fingerprint density at radius 2 is 1.70 bits per heavy atom. The summed E-state index contributed by atoms with van der Waals surface area (Å²) < 4.78 is 11.0. The monoisotopic (exact) mass is 544 g/mol. The van der Waals surface area contributed by atoms with Crippen molar-refractivity contribution < 1.29 is 14.3 Å². The molecule has 40 heavy (non-hydrogen) atoms. The van der Waals surface area contributed by atoms with E-state index >= 15 is 0 Å². The minimum Gasteiger partial charge on any atom is -0.480 e. The molecule has 0 aliphatic carbocycles. The van der Waals surface area contributed by atoms with Gasteiger partial charge in [-0.25, -0.2) is 4.79 Å². The van der Waals surface area contributed by atoms with Crippen LogP contribution in [0.2, 0.25) is 0 Å². The highest BCUT2D eigenvalue weighted by Crippen LogP contribution is 2.52. The second-order valence-corrected chi connectivity index (χ2v) is 12.8. The second-order valence-electron chi connectivity index (χ2n) is 12.8. The molecule has 2 aliphatic rings. The second kappa shape index (κ2) is 10.0. The van der Waals surface area contributed by atoms with Crippen molar-refractivity contribution in [3.8, 4) is 28.3 Å². The van der Waals surface area contributed by atoms with Gasteiger partial charge < -0.3 is 14.4 Å². The first-order valence-corrected chi connectivity index (χ1v) is 13.9. The van der Waals surface area contributed by atoms with Crippen molar-refractivity contribution in [2.24, 2.45) is 0 Å². The lowest BCUT2D eigenvalue weighted by molar-refractivity contribution is -0.0357. The van der Waals surface area contributed by atoms with Crippen LogP contribution in [0.1, 0.15) is 65.9 Å². The number of anilines is 1. The van der Waals surface area contributed by atoms with E-state index in [-0.39, 0.29) is 23.2 Å². The maximum atomic E-state index is 13.2. The molecule has 4 heterocycles. The highest BCUT2D eigenvalue weighted by atomic mass is 16.6. The third-order valence-electron chi connectivity index (χ3n) is 8.45. The zero-order valence-electron chi connectivity index (χ0n) is 24.9. The molecule has 0 N–H and O–H groups in total. The smallest absolute Gasteiger partial charge is 0.411 e. The lowest BCUT2D eigenvalue weighted by Gasteiger charge is -2.52. The van der Waals surface area contributed by atoms with Gasteiger partial charge in [-0.05, 0) is 90.5 Å². The molecule has 0 saturated carbocycles. The molecule has 212 valence electrons. The number of benzene rings is 1. The molecule has 3 atom stereocenters. The summed E-state index contributed by atoms with van der Waals surface area (Å²) in [5.74, 6) is 1.31. The van der Waals surface area contributed by atoms with E-state index in [2.05, 4.69) is 71.3 Å². The van der Waals surface area contributed by atoms with E-state index in [9.17, 15) is 4.79 Å². The molecule has 9 nitrogen and oxygen atoms in total. The molecule has 2 aromatic heterocycles. The molecular weight excluding hydrogens is 504 g/mol. The Morgan fingerprint density at radius 3 is 2.27 bits per heavy atom. The van der Waals surface area contributed by atoms with Crippen LogP contribution < -0.4 is 9.64 Å². The van der Waals surface area contributed by atoms with Gasteiger partial charge in [0.05, 0.1) is 19.0 Å². The highest BCUT2D eigenvalue weighted by molar-refractivity contribution is 5.73. The van der Waals surface area contributed by atoms with Crippen LogP contribution in [0.5, 0.6) is 5.88 Å². The summed E-state index contributed by atoms with van der Waals surface area (Å²) in [6.07, 6.45) is 5.17. The van der Waals surface area contributed by atoms with Crippen LogP contribution in [0, 0.1) is 6.92 Å². The predicted octanol–water partition coefficient (Wildman–Crippen LogP) is 6.06. The van der Waals surface area contributed by atoms with Gasteiger partial charge >= 0.3 is 6.09 Å². The Morgan fingerprint density at radius 1 is 1.00 bits per heavy atom. The zero-order valence-corrected chi connectivity index (χ0v) is 24.9. The van der Waals surface area contributed by atoms with Gasteiger partial charge in [-0.1, -0.05) is 18.2 Å². The number of aryl methyl sites for hydroxylation is 1. The SMILES string of the molecule is COc1cc(-c2ccc(-c3ccc(N(C)C4C[C@]5(C)CC[C@](C)(C4)N5C(=O)OC(C)(C)C)nn3)c(C)c2)cnn1. The third-order valence-corrected chi connectivity index (χ3v) is 8.45. The number of hydrogen-bond donors (Lipinski definition) is 0. The molecule has 0 spiro atoms. The van der Waals surface area contributed by atoms with Crippen LogP contribution in [0.3, 0.4) is 0 Å². The summed E-state index contributed by atoms with van der Waals surface area (Å²) >= 11 is 0. The van der Waals surface area contributed by atoms with Gasteiger partial charge in [-0.2, -0.15) is 5.10 Å². The largest absolute Gasteiger partial charge is 0.480 e. The van der Waals surface area contributed by atoms with Gasteiger partial charge in [-0.15, -0.1) is 15.3 Å². The summed E-state index contributed by atoms with van der Waals surface area (Å²) in [5, 5.41) is 17.2. The van der Waals surface area contributed by atoms with Crippen LogP contribution in [0.25, 0.3) is 22.4 Å². The number of hydrogen-bond acceptors (Lipinski definition) is 8. The Hall–Kier alpha value is -3.75. The number of piperidine rings is 1. The average Bonchev–Trinajstić information content (AvgIpc) is 3.08. The number of rotatable bonds is 5. The fourth-order valence-electron chi connectivity index (χ4n) is 6.49. The first kappa shape index (κ1) is 27.8. The molecule has 5 rings (SSSR count). The number of nitrogens with zero attached hydrogens (tertiary/aromatic N) is 6. The topological polar surface area (TPSA) is 93.6 Å². The molecule has 1 amide bonds. The van der Waals surface area contributed by atoms with Crippen LogP contribution in [-0.2, 0) is 4.74 Å². The molecular formula is C31H40N6O3. The number of aromatic nitrogens is 4. The summed E-state index contributed by atoms with van der Waals surface area (Å²) in [4.78, 5) is 17.5. The van der Waals surface area contributed by atoms with Crippen molar-refractivity contribution >= 4 is 11.9 Å². The van der Waals surface area contributed by atoms with Gasteiger partial charge in [0.2, 0.25) is 5.88 Å². The first-order chi connectivity index (χ1) is 18.8. The van der Waals surface area contributed by atoms with E-state index in [0.717, 1.165) is 59.4 Å². The van der Waals surface area contributed by atoms with E-state index in [4.69, 9.17) is 9.47 Å². The number of fused-ring (bicyclic) bond motifs is 2. The lowest BCUT2D eigenvalue weighted by atomic mass is 9.82. The van der Waals surface area contributed by atoms with E-state index in [1.165, 1.54) is 0 Å². The van der Waals surface area contributed by atoms with Gasteiger partial charge in [0.25, 0.3) is 0 Å². The van der Waals surface area contributed by atoms with Crippen LogP contribution in [-0.4, -0.2) is 68.3 Å². The molecule has 0 radical (unpaired) electrons. The van der Waals surface area contributed by atoms with Crippen molar-refractivity contribution in [2.45, 2.75) is 89.9 Å². The van der Waals surface area contributed by atoms with Crippen molar-refractivity contribution in [3.05, 3.63) is 48.2 Å². The first-order valence-electron chi connectivity index (χ1n) is 13.9. The Kier molecular flexibility index (Phi) is 6.96.